The van der Waals surface area contributed by atoms with Gasteiger partial charge in [0.2, 0.25) is 0 Å². The Morgan fingerprint density at radius 3 is 2.58 bits per heavy atom. The Labute approximate surface area is 122 Å². The largest absolute Gasteiger partial charge is 0.389 e. The van der Waals surface area contributed by atoms with Crippen LogP contribution in [0.5, 0.6) is 0 Å². The zero-order chi connectivity index (χ0) is 14.5. The van der Waals surface area contributed by atoms with Crippen molar-refractivity contribution in [1.29, 1.82) is 0 Å². The lowest BCUT2D eigenvalue weighted by Gasteiger charge is -2.27. The molecule has 1 aromatic carbocycles. The van der Waals surface area contributed by atoms with Crippen LogP contribution in [0.15, 0.2) is 29.2 Å². The number of aliphatic hydroxyl groups is 1. The molecule has 0 radical (unpaired) electrons. The molecule has 108 valence electrons. The number of hydrogen-bond acceptors (Lipinski definition) is 3. The minimum Gasteiger partial charge on any atom is -0.389 e. The standard InChI is InChI=1S/C16H27NOS/c1-6-17-13(4)14-8-7-9-15(10-14)19-11-16(5,18)12(2)3/h7-10,12-13,17-18H,6,11H2,1-5H3. The third-order valence-corrected chi connectivity index (χ3v) is 4.96. The van der Waals surface area contributed by atoms with E-state index in [0.717, 1.165) is 12.3 Å². The van der Waals surface area contributed by atoms with Crippen molar-refractivity contribution in [3.63, 3.8) is 0 Å². The average Bonchev–Trinajstić information content (AvgIpc) is 2.37. The Hall–Kier alpha value is -0.510. The number of thioether (sulfide) groups is 1. The third-order valence-electron chi connectivity index (χ3n) is 3.64. The van der Waals surface area contributed by atoms with Gasteiger partial charge in [-0.25, -0.2) is 0 Å². The van der Waals surface area contributed by atoms with Gasteiger partial charge in [-0.1, -0.05) is 32.9 Å². The van der Waals surface area contributed by atoms with Gasteiger partial charge in [0.05, 0.1) is 5.60 Å². The van der Waals surface area contributed by atoms with Gasteiger partial charge in [-0.15, -0.1) is 11.8 Å². The topological polar surface area (TPSA) is 32.3 Å². The van der Waals surface area contributed by atoms with Gasteiger partial charge in [-0.3, -0.25) is 0 Å². The Kier molecular flexibility index (Phi) is 6.37. The van der Waals surface area contributed by atoms with E-state index in [1.807, 2.05) is 6.92 Å². The smallest absolute Gasteiger partial charge is 0.0736 e. The highest BCUT2D eigenvalue weighted by atomic mass is 32.2. The van der Waals surface area contributed by atoms with Crippen LogP contribution in [0.2, 0.25) is 0 Å². The number of nitrogens with one attached hydrogen (secondary N) is 1. The molecule has 1 rings (SSSR count). The molecular formula is C16H27NOS. The first-order valence-electron chi connectivity index (χ1n) is 7.05. The minimum absolute atomic E-state index is 0.267. The Morgan fingerprint density at radius 2 is 2.00 bits per heavy atom. The highest BCUT2D eigenvalue weighted by Crippen LogP contribution is 2.28. The first-order chi connectivity index (χ1) is 8.86. The lowest BCUT2D eigenvalue weighted by molar-refractivity contribution is 0.0376. The van der Waals surface area contributed by atoms with Crippen LogP contribution in [-0.4, -0.2) is 23.0 Å². The molecule has 19 heavy (non-hydrogen) atoms. The van der Waals surface area contributed by atoms with Crippen molar-refractivity contribution in [1.82, 2.24) is 5.32 Å². The molecule has 0 aliphatic heterocycles. The van der Waals surface area contributed by atoms with Crippen molar-refractivity contribution in [3.8, 4) is 0 Å². The van der Waals surface area contributed by atoms with Gasteiger partial charge in [-0.05, 0) is 44.0 Å². The van der Waals surface area contributed by atoms with Crippen molar-refractivity contribution in [3.05, 3.63) is 29.8 Å². The van der Waals surface area contributed by atoms with Gasteiger partial charge in [0.15, 0.2) is 0 Å². The quantitative estimate of drug-likeness (QED) is 0.744. The van der Waals surface area contributed by atoms with Crippen LogP contribution in [0.1, 0.15) is 46.2 Å². The molecule has 0 amide bonds. The van der Waals surface area contributed by atoms with Crippen molar-refractivity contribution in [2.24, 2.45) is 5.92 Å². The lowest BCUT2D eigenvalue weighted by atomic mass is 9.95. The van der Waals surface area contributed by atoms with Gasteiger partial charge in [0, 0.05) is 16.7 Å². The molecule has 3 heteroatoms. The van der Waals surface area contributed by atoms with E-state index in [0.29, 0.717) is 6.04 Å². The highest BCUT2D eigenvalue weighted by Gasteiger charge is 2.24. The van der Waals surface area contributed by atoms with E-state index in [2.05, 4.69) is 57.3 Å². The van der Waals surface area contributed by atoms with Crippen LogP contribution < -0.4 is 5.32 Å². The zero-order valence-corrected chi connectivity index (χ0v) is 13.6. The predicted molar refractivity (Wildman–Crippen MR) is 84.7 cm³/mol. The van der Waals surface area contributed by atoms with E-state index < -0.39 is 5.60 Å². The van der Waals surface area contributed by atoms with Gasteiger partial charge in [0.25, 0.3) is 0 Å². The summed E-state index contributed by atoms with van der Waals surface area (Å²) in [6, 6.07) is 8.95. The summed E-state index contributed by atoms with van der Waals surface area (Å²) in [5.74, 6) is 0.993. The van der Waals surface area contributed by atoms with Crippen molar-refractivity contribution >= 4 is 11.8 Å². The summed E-state index contributed by atoms with van der Waals surface area (Å²) in [6.45, 7) is 11.3. The monoisotopic (exact) mass is 281 g/mol. The van der Waals surface area contributed by atoms with E-state index in [9.17, 15) is 5.11 Å². The molecule has 0 fully saturated rings. The molecule has 0 saturated carbocycles. The Morgan fingerprint density at radius 1 is 1.32 bits per heavy atom. The SMILES string of the molecule is CCNC(C)c1cccc(SCC(C)(O)C(C)C)c1. The third kappa shape index (κ3) is 5.17. The van der Waals surface area contributed by atoms with E-state index in [1.54, 1.807) is 11.8 Å². The maximum Gasteiger partial charge on any atom is 0.0736 e. The fraction of sp³-hybridized carbons (Fsp3) is 0.625. The summed E-state index contributed by atoms with van der Waals surface area (Å²) >= 11 is 1.73. The van der Waals surface area contributed by atoms with E-state index in [-0.39, 0.29) is 5.92 Å². The Bertz CT molecular complexity index is 390. The summed E-state index contributed by atoms with van der Waals surface area (Å²) in [4.78, 5) is 1.23. The fourth-order valence-electron chi connectivity index (χ4n) is 1.69. The number of hydrogen-bond donors (Lipinski definition) is 2. The maximum atomic E-state index is 10.3. The number of benzene rings is 1. The highest BCUT2D eigenvalue weighted by molar-refractivity contribution is 7.99. The molecule has 0 saturated heterocycles. The molecule has 2 unspecified atom stereocenters. The second kappa shape index (κ2) is 7.32. The van der Waals surface area contributed by atoms with Gasteiger partial charge in [0.1, 0.15) is 0 Å². The van der Waals surface area contributed by atoms with E-state index in [4.69, 9.17) is 0 Å². The van der Waals surface area contributed by atoms with Gasteiger partial charge in [-0.2, -0.15) is 0 Å². The fourth-order valence-corrected chi connectivity index (χ4v) is 2.88. The first-order valence-corrected chi connectivity index (χ1v) is 8.04. The molecule has 1 aromatic rings. The molecular weight excluding hydrogens is 254 g/mol. The van der Waals surface area contributed by atoms with Gasteiger partial charge < -0.3 is 10.4 Å². The molecule has 0 aliphatic carbocycles. The normalized spacial score (nSPS) is 16.4. The summed E-state index contributed by atoms with van der Waals surface area (Å²) in [7, 11) is 0. The van der Waals surface area contributed by atoms with Crippen LogP contribution in [0.25, 0.3) is 0 Å². The summed E-state index contributed by atoms with van der Waals surface area (Å²) in [5, 5.41) is 13.7. The lowest BCUT2D eigenvalue weighted by Crippen LogP contribution is -2.33. The molecule has 2 nitrogen and oxygen atoms in total. The van der Waals surface area contributed by atoms with E-state index in [1.165, 1.54) is 10.5 Å². The van der Waals surface area contributed by atoms with Crippen LogP contribution in [0, 0.1) is 5.92 Å². The molecule has 2 atom stereocenters. The zero-order valence-electron chi connectivity index (χ0n) is 12.7. The molecule has 0 bridgehead atoms. The second-order valence-corrected chi connectivity index (χ2v) is 6.70. The van der Waals surface area contributed by atoms with Crippen molar-refractivity contribution in [2.45, 2.75) is 51.2 Å². The van der Waals surface area contributed by atoms with Crippen LogP contribution in [0.3, 0.4) is 0 Å². The van der Waals surface area contributed by atoms with Crippen LogP contribution in [0.4, 0.5) is 0 Å². The minimum atomic E-state index is -0.617. The van der Waals surface area contributed by atoms with Gasteiger partial charge >= 0.3 is 0 Å². The predicted octanol–water partition coefficient (Wildman–Crippen LogP) is 3.86. The average molecular weight is 281 g/mol. The summed E-state index contributed by atoms with van der Waals surface area (Å²) in [5.41, 5.74) is 0.685. The van der Waals surface area contributed by atoms with E-state index >= 15 is 0 Å². The summed E-state index contributed by atoms with van der Waals surface area (Å²) in [6.07, 6.45) is 0. The first kappa shape index (κ1) is 16.5. The van der Waals surface area contributed by atoms with Crippen LogP contribution >= 0.6 is 11.8 Å². The second-order valence-electron chi connectivity index (χ2n) is 5.65. The molecule has 0 heterocycles. The van der Waals surface area contributed by atoms with Crippen molar-refractivity contribution < 1.29 is 5.11 Å². The maximum absolute atomic E-state index is 10.3. The molecule has 0 spiro atoms. The molecule has 2 N–H and O–H groups in total. The number of rotatable bonds is 7. The Balaban J connectivity index is 2.67. The summed E-state index contributed by atoms with van der Waals surface area (Å²) < 4.78 is 0. The van der Waals surface area contributed by atoms with Crippen molar-refractivity contribution in [2.75, 3.05) is 12.3 Å². The molecule has 0 aliphatic rings. The molecule has 0 aromatic heterocycles. The van der Waals surface area contributed by atoms with Crippen LogP contribution in [-0.2, 0) is 0 Å².